The fourth-order valence-electron chi connectivity index (χ4n) is 2.47. The first-order valence-electron chi connectivity index (χ1n) is 8.12. The van der Waals surface area contributed by atoms with Gasteiger partial charge in [0.1, 0.15) is 5.82 Å². The van der Waals surface area contributed by atoms with Crippen LogP contribution in [-0.2, 0) is 6.42 Å². The summed E-state index contributed by atoms with van der Waals surface area (Å²) in [5.74, 6) is -0.478. The number of halogens is 1. The predicted molar refractivity (Wildman–Crippen MR) is 94.5 cm³/mol. The van der Waals surface area contributed by atoms with Gasteiger partial charge in [-0.2, -0.15) is 0 Å². The van der Waals surface area contributed by atoms with Crippen LogP contribution in [0.5, 0.6) is 0 Å². The van der Waals surface area contributed by atoms with Gasteiger partial charge in [0, 0.05) is 30.2 Å². The van der Waals surface area contributed by atoms with Crippen molar-refractivity contribution in [3.05, 3.63) is 84.1 Å². The van der Waals surface area contributed by atoms with Crippen molar-refractivity contribution in [1.29, 1.82) is 0 Å². The molecule has 0 spiro atoms. The number of carbonyl (C=O) groups is 1. The summed E-state index contributed by atoms with van der Waals surface area (Å²) >= 11 is 0. The van der Waals surface area contributed by atoms with Crippen LogP contribution in [0.15, 0.2) is 67.0 Å². The molecular weight excluding hydrogens is 317 g/mol. The molecule has 0 saturated heterocycles. The third kappa shape index (κ3) is 4.70. The first-order valence-corrected chi connectivity index (χ1v) is 8.12. The minimum atomic E-state index is -0.311. The van der Waals surface area contributed by atoms with Crippen LogP contribution in [0.25, 0.3) is 11.3 Å². The quantitative estimate of drug-likeness (QED) is 0.700. The zero-order chi connectivity index (χ0) is 17.5. The van der Waals surface area contributed by atoms with Gasteiger partial charge in [-0.15, -0.1) is 0 Å². The van der Waals surface area contributed by atoms with Crippen molar-refractivity contribution in [3.8, 4) is 11.3 Å². The number of nitrogens with zero attached hydrogens (tertiary/aromatic N) is 2. The van der Waals surface area contributed by atoms with E-state index in [0.717, 1.165) is 18.5 Å². The molecule has 0 fully saturated rings. The number of carbonyl (C=O) groups excluding carboxylic acids is 1. The van der Waals surface area contributed by atoms with Gasteiger partial charge in [0.15, 0.2) is 0 Å². The summed E-state index contributed by atoms with van der Waals surface area (Å²) in [5.41, 5.74) is 2.81. The van der Waals surface area contributed by atoms with Gasteiger partial charge >= 0.3 is 0 Å². The van der Waals surface area contributed by atoms with E-state index in [1.54, 1.807) is 30.5 Å². The minimum Gasteiger partial charge on any atom is -0.352 e. The predicted octanol–water partition coefficient (Wildman–Crippen LogP) is 3.65. The molecule has 0 aliphatic heterocycles. The summed E-state index contributed by atoms with van der Waals surface area (Å²) in [4.78, 5) is 20.6. The molecule has 3 aromatic rings. The second-order valence-electron chi connectivity index (χ2n) is 5.62. The van der Waals surface area contributed by atoms with E-state index in [0.29, 0.717) is 23.4 Å². The number of aryl methyl sites for hydroxylation is 1. The number of amides is 1. The van der Waals surface area contributed by atoms with Gasteiger partial charge in [-0.1, -0.05) is 18.2 Å². The summed E-state index contributed by atoms with van der Waals surface area (Å²) in [6, 6.07) is 15.4. The minimum absolute atomic E-state index is 0.167. The van der Waals surface area contributed by atoms with E-state index >= 15 is 0 Å². The monoisotopic (exact) mass is 335 g/mol. The maximum atomic E-state index is 13.3. The summed E-state index contributed by atoms with van der Waals surface area (Å²) in [6.07, 6.45) is 4.91. The molecular formula is C20H18FN3O. The Morgan fingerprint density at radius 2 is 1.96 bits per heavy atom. The molecule has 25 heavy (non-hydrogen) atoms. The molecule has 3 rings (SSSR count). The molecule has 2 aromatic heterocycles. The van der Waals surface area contributed by atoms with Crippen LogP contribution in [0.2, 0.25) is 0 Å². The number of rotatable bonds is 6. The maximum absolute atomic E-state index is 13.3. The van der Waals surface area contributed by atoms with E-state index in [9.17, 15) is 9.18 Å². The van der Waals surface area contributed by atoms with Crippen molar-refractivity contribution in [3.63, 3.8) is 0 Å². The van der Waals surface area contributed by atoms with E-state index in [1.165, 1.54) is 18.3 Å². The van der Waals surface area contributed by atoms with Crippen molar-refractivity contribution in [2.75, 3.05) is 6.54 Å². The Morgan fingerprint density at radius 1 is 1.04 bits per heavy atom. The Kier molecular flexibility index (Phi) is 5.46. The highest BCUT2D eigenvalue weighted by molar-refractivity contribution is 5.94. The highest BCUT2D eigenvalue weighted by Gasteiger charge is 2.07. The second-order valence-corrected chi connectivity index (χ2v) is 5.62. The number of hydrogen-bond acceptors (Lipinski definition) is 3. The van der Waals surface area contributed by atoms with Gasteiger partial charge in [-0.05, 0) is 49.2 Å². The Balaban J connectivity index is 1.52. The zero-order valence-corrected chi connectivity index (χ0v) is 13.7. The lowest BCUT2D eigenvalue weighted by molar-refractivity contribution is 0.0953. The SMILES string of the molecule is O=C(NCCCc1ccccn1)c1ccc(-c2cccc(F)c2)nc1. The number of benzene rings is 1. The molecule has 0 atom stereocenters. The molecule has 0 aliphatic rings. The van der Waals surface area contributed by atoms with Crippen LogP contribution in [0.4, 0.5) is 4.39 Å². The highest BCUT2D eigenvalue weighted by Crippen LogP contribution is 2.17. The van der Waals surface area contributed by atoms with Crippen molar-refractivity contribution in [2.45, 2.75) is 12.8 Å². The molecule has 5 heteroatoms. The maximum Gasteiger partial charge on any atom is 0.252 e. The van der Waals surface area contributed by atoms with Gasteiger partial charge in [-0.3, -0.25) is 14.8 Å². The lowest BCUT2D eigenvalue weighted by Crippen LogP contribution is -2.24. The fraction of sp³-hybridized carbons (Fsp3) is 0.150. The third-order valence-corrected chi connectivity index (χ3v) is 3.77. The normalized spacial score (nSPS) is 10.4. The Bertz CT molecular complexity index is 835. The van der Waals surface area contributed by atoms with Gasteiger partial charge in [-0.25, -0.2) is 4.39 Å². The number of pyridine rings is 2. The summed E-state index contributed by atoms with van der Waals surface area (Å²) in [7, 11) is 0. The topological polar surface area (TPSA) is 54.9 Å². The molecule has 0 aliphatic carbocycles. The zero-order valence-electron chi connectivity index (χ0n) is 13.7. The smallest absolute Gasteiger partial charge is 0.252 e. The highest BCUT2D eigenvalue weighted by atomic mass is 19.1. The van der Waals surface area contributed by atoms with Crippen LogP contribution in [0, 0.1) is 5.82 Å². The largest absolute Gasteiger partial charge is 0.352 e. The van der Waals surface area contributed by atoms with Gasteiger partial charge in [0.25, 0.3) is 5.91 Å². The molecule has 0 bridgehead atoms. The number of aromatic nitrogens is 2. The van der Waals surface area contributed by atoms with Gasteiger partial charge < -0.3 is 5.32 Å². The molecule has 4 nitrogen and oxygen atoms in total. The van der Waals surface area contributed by atoms with Crippen molar-refractivity contribution < 1.29 is 9.18 Å². The van der Waals surface area contributed by atoms with Crippen LogP contribution in [0.3, 0.4) is 0 Å². The average molecular weight is 335 g/mol. The average Bonchev–Trinajstić information content (AvgIpc) is 2.66. The van der Waals surface area contributed by atoms with E-state index < -0.39 is 0 Å². The molecule has 0 saturated carbocycles. The van der Waals surface area contributed by atoms with Crippen molar-refractivity contribution in [2.24, 2.45) is 0 Å². The van der Waals surface area contributed by atoms with Gasteiger partial charge in [0.05, 0.1) is 11.3 Å². The molecule has 1 aromatic carbocycles. The molecule has 1 N–H and O–H groups in total. The van der Waals surface area contributed by atoms with Crippen molar-refractivity contribution >= 4 is 5.91 Å². The molecule has 0 radical (unpaired) electrons. The van der Waals surface area contributed by atoms with Crippen LogP contribution in [0.1, 0.15) is 22.5 Å². The van der Waals surface area contributed by atoms with E-state index in [4.69, 9.17) is 0 Å². The second kappa shape index (κ2) is 8.15. The van der Waals surface area contributed by atoms with Crippen molar-refractivity contribution in [1.82, 2.24) is 15.3 Å². The molecule has 1 amide bonds. The molecule has 0 unspecified atom stereocenters. The first kappa shape index (κ1) is 16.8. The fourth-order valence-corrected chi connectivity index (χ4v) is 2.47. The van der Waals surface area contributed by atoms with Crippen LogP contribution < -0.4 is 5.32 Å². The Hall–Kier alpha value is -3.08. The summed E-state index contributed by atoms with van der Waals surface area (Å²) in [5, 5.41) is 2.87. The van der Waals surface area contributed by atoms with Crippen LogP contribution >= 0.6 is 0 Å². The third-order valence-electron chi connectivity index (χ3n) is 3.77. The van der Waals surface area contributed by atoms with E-state index in [1.807, 2.05) is 18.2 Å². The lowest BCUT2D eigenvalue weighted by atomic mass is 10.1. The molecule has 126 valence electrons. The molecule has 2 heterocycles. The number of nitrogens with one attached hydrogen (secondary N) is 1. The van der Waals surface area contributed by atoms with E-state index in [-0.39, 0.29) is 11.7 Å². The Morgan fingerprint density at radius 3 is 2.68 bits per heavy atom. The Labute approximate surface area is 145 Å². The van der Waals surface area contributed by atoms with Crippen LogP contribution in [-0.4, -0.2) is 22.4 Å². The van der Waals surface area contributed by atoms with E-state index in [2.05, 4.69) is 15.3 Å². The lowest BCUT2D eigenvalue weighted by Gasteiger charge is -2.06. The van der Waals surface area contributed by atoms with Gasteiger partial charge in [0.2, 0.25) is 0 Å². The summed E-state index contributed by atoms with van der Waals surface area (Å²) < 4.78 is 13.3. The summed E-state index contributed by atoms with van der Waals surface area (Å²) in [6.45, 7) is 0.570. The standard InChI is InChI=1S/C20H18FN3O/c21-17-6-3-5-15(13-17)19-10-9-16(14-24-19)20(25)23-12-4-8-18-7-1-2-11-22-18/h1-3,5-7,9-11,13-14H,4,8,12H2,(H,23,25). The first-order chi connectivity index (χ1) is 12.2. The number of hydrogen-bond donors (Lipinski definition) is 1.